The largest absolute Gasteiger partial charge is 0.341 e. The molecule has 0 aliphatic carbocycles. The van der Waals surface area contributed by atoms with E-state index in [1.807, 2.05) is 25.1 Å². The van der Waals surface area contributed by atoms with Gasteiger partial charge in [-0.3, -0.25) is 10.1 Å². The lowest BCUT2D eigenvalue weighted by atomic mass is 10.2. The summed E-state index contributed by atoms with van der Waals surface area (Å²) in [5.41, 5.74) is 3.07. The number of aromatic amines is 1. The Morgan fingerprint density at radius 1 is 1.40 bits per heavy atom. The lowest BCUT2D eigenvalue weighted by Crippen LogP contribution is -2.37. The molecule has 0 aliphatic rings. The van der Waals surface area contributed by atoms with Gasteiger partial charge in [-0.1, -0.05) is 17.8 Å². The first-order valence-corrected chi connectivity index (χ1v) is 7.18. The third kappa shape index (κ3) is 3.74. The molecule has 0 fully saturated rings. The molecule has 7 heteroatoms. The summed E-state index contributed by atoms with van der Waals surface area (Å²) in [6.07, 6.45) is 0.258. The van der Waals surface area contributed by atoms with Crippen LogP contribution in [0.15, 0.2) is 23.4 Å². The molecule has 0 bridgehead atoms. The smallest absolute Gasteiger partial charge is 0.321 e. The molecule has 0 aliphatic heterocycles. The van der Waals surface area contributed by atoms with Crippen LogP contribution in [0.3, 0.4) is 0 Å². The molecule has 0 saturated carbocycles. The molecule has 3 amide bonds. The van der Waals surface area contributed by atoms with E-state index in [0.29, 0.717) is 5.75 Å². The highest BCUT2D eigenvalue weighted by molar-refractivity contribution is 7.99. The van der Waals surface area contributed by atoms with E-state index in [4.69, 9.17) is 0 Å². The number of urea groups is 1. The summed E-state index contributed by atoms with van der Waals surface area (Å²) in [7, 11) is 1.47. The van der Waals surface area contributed by atoms with E-state index >= 15 is 0 Å². The predicted molar refractivity (Wildman–Crippen MR) is 78.8 cm³/mol. The third-order valence-corrected chi connectivity index (χ3v) is 3.54. The number of aryl methyl sites for hydroxylation is 1. The number of imide groups is 1. The maximum atomic E-state index is 11.4. The highest BCUT2D eigenvalue weighted by atomic mass is 32.2. The van der Waals surface area contributed by atoms with Gasteiger partial charge in [-0.25, -0.2) is 9.78 Å². The van der Waals surface area contributed by atoms with Crippen LogP contribution < -0.4 is 10.6 Å². The molecule has 2 rings (SSSR count). The van der Waals surface area contributed by atoms with Crippen molar-refractivity contribution in [3.63, 3.8) is 0 Å². The number of fused-ring (bicyclic) bond motifs is 1. The van der Waals surface area contributed by atoms with Crippen LogP contribution in [0.2, 0.25) is 0 Å². The summed E-state index contributed by atoms with van der Waals surface area (Å²) in [6.45, 7) is 2.02. The van der Waals surface area contributed by atoms with Crippen molar-refractivity contribution < 1.29 is 9.59 Å². The van der Waals surface area contributed by atoms with Crippen LogP contribution >= 0.6 is 11.8 Å². The number of benzene rings is 1. The van der Waals surface area contributed by atoms with E-state index in [1.54, 1.807) is 0 Å². The number of carbonyl (C=O) groups is 2. The number of H-pyrrole nitrogens is 1. The van der Waals surface area contributed by atoms with Gasteiger partial charge in [0.15, 0.2) is 5.16 Å². The zero-order valence-corrected chi connectivity index (χ0v) is 12.1. The monoisotopic (exact) mass is 292 g/mol. The van der Waals surface area contributed by atoms with E-state index in [-0.39, 0.29) is 12.3 Å². The number of carbonyl (C=O) groups excluding carboxylic acids is 2. The van der Waals surface area contributed by atoms with Crippen LogP contribution in [0.5, 0.6) is 0 Å². The molecule has 2 aromatic rings. The number of aromatic nitrogens is 2. The Labute approximate surface area is 120 Å². The van der Waals surface area contributed by atoms with Crippen molar-refractivity contribution in [2.24, 2.45) is 0 Å². The fourth-order valence-corrected chi connectivity index (χ4v) is 2.49. The fraction of sp³-hybridized carbons (Fsp3) is 0.308. The Balaban J connectivity index is 1.86. The molecule has 0 spiro atoms. The second-order valence-corrected chi connectivity index (χ2v) is 5.37. The normalized spacial score (nSPS) is 10.5. The number of nitrogens with one attached hydrogen (secondary N) is 3. The van der Waals surface area contributed by atoms with Crippen LogP contribution in [0.4, 0.5) is 4.79 Å². The third-order valence-electron chi connectivity index (χ3n) is 2.66. The molecule has 1 heterocycles. The summed E-state index contributed by atoms with van der Waals surface area (Å²) in [5, 5.41) is 5.32. The van der Waals surface area contributed by atoms with Gasteiger partial charge in [0, 0.05) is 19.2 Å². The van der Waals surface area contributed by atoms with Gasteiger partial charge in [0.25, 0.3) is 0 Å². The maximum absolute atomic E-state index is 11.4. The molecule has 1 aromatic heterocycles. The van der Waals surface area contributed by atoms with E-state index < -0.39 is 6.03 Å². The first-order chi connectivity index (χ1) is 9.58. The quantitative estimate of drug-likeness (QED) is 0.750. The number of thioether (sulfide) groups is 1. The number of imidazole rings is 1. The lowest BCUT2D eigenvalue weighted by Gasteiger charge is -2.01. The highest BCUT2D eigenvalue weighted by Gasteiger charge is 2.07. The Hall–Kier alpha value is -2.02. The Morgan fingerprint density at radius 3 is 2.95 bits per heavy atom. The zero-order valence-electron chi connectivity index (χ0n) is 11.3. The molecule has 6 nitrogen and oxygen atoms in total. The van der Waals surface area contributed by atoms with E-state index in [2.05, 4.69) is 20.6 Å². The van der Waals surface area contributed by atoms with Gasteiger partial charge < -0.3 is 10.3 Å². The SMILES string of the molecule is CNC(=O)NC(=O)CCSc1nc2ccc(C)cc2[nH]1. The predicted octanol–water partition coefficient (Wildman–Crippen LogP) is 1.81. The van der Waals surface area contributed by atoms with Crippen molar-refractivity contribution in [1.82, 2.24) is 20.6 Å². The highest BCUT2D eigenvalue weighted by Crippen LogP contribution is 2.20. The van der Waals surface area contributed by atoms with Gasteiger partial charge in [-0.05, 0) is 24.6 Å². The minimum Gasteiger partial charge on any atom is -0.341 e. The average molecular weight is 292 g/mol. The number of hydrogen-bond donors (Lipinski definition) is 3. The molecule has 3 N–H and O–H groups in total. The molecule has 106 valence electrons. The van der Waals surface area contributed by atoms with Crippen LogP contribution in [0, 0.1) is 6.92 Å². The van der Waals surface area contributed by atoms with Crippen molar-refractivity contribution in [2.45, 2.75) is 18.5 Å². The molecule has 0 radical (unpaired) electrons. The summed E-state index contributed by atoms with van der Waals surface area (Å²) < 4.78 is 0. The van der Waals surface area contributed by atoms with Gasteiger partial charge in [0.1, 0.15) is 0 Å². The molecule has 0 atom stereocenters. The summed E-state index contributed by atoms with van der Waals surface area (Å²) in [6, 6.07) is 5.52. The number of rotatable bonds is 4. The van der Waals surface area contributed by atoms with E-state index in [0.717, 1.165) is 16.2 Å². The first kappa shape index (κ1) is 14.4. The van der Waals surface area contributed by atoms with Crippen LogP contribution in [0.1, 0.15) is 12.0 Å². The zero-order chi connectivity index (χ0) is 14.5. The summed E-state index contributed by atoms with van der Waals surface area (Å²) in [4.78, 5) is 30.0. The van der Waals surface area contributed by atoms with Crippen LogP contribution in [-0.4, -0.2) is 34.7 Å². The topological polar surface area (TPSA) is 86.9 Å². The minimum absolute atomic E-state index is 0.258. The minimum atomic E-state index is -0.487. The van der Waals surface area contributed by atoms with Crippen molar-refractivity contribution in [3.8, 4) is 0 Å². The van der Waals surface area contributed by atoms with Gasteiger partial charge in [0.05, 0.1) is 11.0 Å². The van der Waals surface area contributed by atoms with Crippen molar-refractivity contribution in [3.05, 3.63) is 23.8 Å². The molecule has 20 heavy (non-hydrogen) atoms. The first-order valence-electron chi connectivity index (χ1n) is 6.19. The lowest BCUT2D eigenvalue weighted by molar-refractivity contribution is -0.119. The van der Waals surface area contributed by atoms with E-state index in [9.17, 15) is 9.59 Å². The van der Waals surface area contributed by atoms with Gasteiger partial charge >= 0.3 is 6.03 Å². The Kier molecular flexibility index (Phi) is 4.62. The maximum Gasteiger partial charge on any atom is 0.321 e. The van der Waals surface area contributed by atoms with Gasteiger partial charge in [0.2, 0.25) is 5.91 Å². The second kappa shape index (κ2) is 6.42. The van der Waals surface area contributed by atoms with E-state index in [1.165, 1.54) is 24.4 Å². The molecule has 1 aromatic carbocycles. The van der Waals surface area contributed by atoms with Gasteiger partial charge in [-0.2, -0.15) is 0 Å². The van der Waals surface area contributed by atoms with Crippen LogP contribution in [0.25, 0.3) is 11.0 Å². The standard InChI is InChI=1S/C13H16N4O2S/c1-8-3-4-9-10(7-8)16-13(15-9)20-6-5-11(18)17-12(19)14-2/h3-4,7H,5-6H2,1-2H3,(H,15,16)(H2,14,17,18,19). The Morgan fingerprint density at radius 2 is 2.20 bits per heavy atom. The summed E-state index contributed by atoms with van der Waals surface area (Å²) >= 11 is 1.46. The Bertz CT molecular complexity index is 638. The van der Waals surface area contributed by atoms with Crippen molar-refractivity contribution in [1.29, 1.82) is 0 Å². The number of amides is 3. The second-order valence-electron chi connectivity index (χ2n) is 4.29. The molecule has 0 saturated heterocycles. The molecular formula is C13H16N4O2S. The van der Waals surface area contributed by atoms with Crippen molar-refractivity contribution >= 4 is 34.7 Å². The van der Waals surface area contributed by atoms with Crippen LogP contribution in [-0.2, 0) is 4.79 Å². The number of hydrogen-bond acceptors (Lipinski definition) is 4. The number of nitrogens with zero attached hydrogens (tertiary/aromatic N) is 1. The van der Waals surface area contributed by atoms with Gasteiger partial charge in [-0.15, -0.1) is 0 Å². The summed E-state index contributed by atoms with van der Waals surface area (Å²) in [5.74, 6) is 0.255. The average Bonchev–Trinajstić information content (AvgIpc) is 2.80. The molecular weight excluding hydrogens is 276 g/mol. The molecule has 0 unspecified atom stereocenters. The van der Waals surface area contributed by atoms with Crippen molar-refractivity contribution in [2.75, 3.05) is 12.8 Å². The fourth-order valence-electron chi connectivity index (χ4n) is 1.66.